The van der Waals surface area contributed by atoms with Gasteiger partial charge >= 0.3 is 12.1 Å². The topological polar surface area (TPSA) is 63.3 Å². The summed E-state index contributed by atoms with van der Waals surface area (Å²) >= 11 is 0.954. The molecule has 0 atom stereocenters. The lowest BCUT2D eigenvalue weighted by Gasteiger charge is -2.13. The number of alkyl halides is 3. The molecule has 0 saturated carbocycles. The van der Waals surface area contributed by atoms with Crippen molar-refractivity contribution < 1.29 is 23.1 Å². The van der Waals surface area contributed by atoms with Crippen molar-refractivity contribution in [1.29, 1.82) is 0 Å². The third kappa shape index (κ3) is 4.17. The number of aliphatic carboxylic acids is 1. The third-order valence-electron chi connectivity index (χ3n) is 2.82. The SMILES string of the molecule is Nc1ccc(Sc2ccc(CC(=O)O)cc2)c(C(F)(F)F)c1. The Hall–Kier alpha value is -2.15. The minimum Gasteiger partial charge on any atom is -0.481 e. The summed E-state index contributed by atoms with van der Waals surface area (Å²) in [5.41, 5.74) is 5.27. The number of carboxylic acid groups (broad SMARTS) is 1. The zero-order chi connectivity index (χ0) is 16.3. The molecule has 2 aromatic rings. The van der Waals surface area contributed by atoms with Crippen LogP contribution in [0.25, 0.3) is 0 Å². The number of halogens is 3. The standard InChI is InChI=1S/C15H12F3NO2S/c16-15(17,18)12-8-10(19)3-6-13(12)22-11-4-1-9(2-5-11)7-14(20)21/h1-6,8H,7,19H2,(H,20,21). The smallest absolute Gasteiger partial charge is 0.417 e. The largest absolute Gasteiger partial charge is 0.481 e. The third-order valence-corrected chi connectivity index (χ3v) is 3.90. The zero-order valence-corrected chi connectivity index (χ0v) is 12.0. The second kappa shape index (κ2) is 6.31. The van der Waals surface area contributed by atoms with Crippen LogP contribution in [0.3, 0.4) is 0 Å². The van der Waals surface area contributed by atoms with Gasteiger partial charge in [-0.15, -0.1) is 0 Å². The summed E-state index contributed by atoms with van der Waals surface area (Å²) in [6.07, 6.45) is -4.61. The molecule has 0 bridgehead atoms. The summed E-state index contributed by atoms with van der Waals surface area (Å²) in [4.78, 5) is 11.2. The lowest BCUT2D eigenvalue weighted by atomic mass is 10.2. The summed E-state index contributed by atoms with van der Waals surface area (Å²) in [5, 5.41) is 8.68. The van der Waals surface area contributed by atoms with E-state index in [-0.39, 0.29) is 17.0 Å². The number of nitrogens with two attached hydrogens (primary N) is 1. The summed E-state index contributed by atoms with van der Waals surface area (Å²) in [6.45, 7) is 0. The summed E-state index contributed by atoms with van der Waals surface area (Å²) in [5.74, 6) is -0.960. The Morgan fingerprint density at radius 2 is 1.77 bits per heavy atom. The summed E-state index contributed by atoms with van der Waals surface area (Å²) in [7, 11) is 0. The molecule has 0 spiro atoms. The maximum Gasteiger partial charge on any atom is 0.417 e. The molecular formula is C15H12F3NO2S. The van der Waals surface area contributed by atoms with Gasteiger partial charge in [-0.1, -0.05) is 23.9 Å². The zero-order valence-electron chi connectivity index (χ0n) is 11.2. The molecule has 22 heavy (non-hydrogen) atoms. The minimum atomic E-state index is -4.49. The predicted molar refractivity (Wildman–Crippen MR) is 77.8 cm³/mol. The fraction of sp³-hybridized carbons (Fsp3) is 0.133. The Balaban J connectivity index is 2.25. The second-order valence-electron chi connectivity index (χ2n) is 4.57. The molecule has 0 aliphatic heterocycles. The van der Waals surface area contributed by atoms with Crippen molar-refractivity contribution in [1.82, 2.24) is 0 Å². The van der Waals surface area contributed by atoms with E-state index < -0.39 is 17.7 Å². The van der Waals surface area contributed by atoms with E-state index in [4.69, 9.17) is 10.8 Å². The van der Waals surface area contributed by atoms with E-state index in [1.54, 1.807) is 24.3 Å². The monoisotopic (exact) mass is 327 g/mol. The van der Waals surface area contributed by atoms with Crippen LogP contribution in [0.4, 0.5) is 18.9 Å². The first-order valence-corrected chi connectivity index (χ1v) is 7.02. The Kier molecular flexibility index (Phi) is 4.65. The van der Waals surface area contributed by atoms with Gasteiger partial charge in [0.2, 0.25) is 0 Å². The Morgan fingerprint density at radius 3 is 2.32 bits per heavy atom. The molecule has 2 rings (SSSR count). The molecule has 0 saturated heterocycles. The normalized spacial score (nSPS) is 11.4. The van der Waals surface area contributed by atoms with E-state index in [9.17, 15) is 18.0 Å². The highest BCUT2D eigenvalue weighted by atomic mass is 32.2. The van der Waals surface area contributed by atoms with Crippen molar-refractivity contribution >= 4 is 23.4 Å². The highest BCUT2D eigenvalue weighted by Crippen LogP contribution is 2.40. The number of hydrogen-bond donors (Lipinski definition) is 2. The Bertz CT molecular complexity index is 684. The minimum absolute atomic E-state index is 0.0488. The van der Waals surface area contributed by atoms with Crippen molar-refractivity contribution in [3.05, 3.63) is 53.6 Å². The van der Waals surface area contributed by atoms with Crippen LogP contribution < -0.4 is 5.73 Å². The van der Waals surface area contributed by atoms with E-state index in [0.29, 0.717) is 10.5 Å². The van der Waals surface area contributed by atoms with E-state index in [0.717, 1.165) is 17.8 Å². The molecule has 3 nitrogen and oxygen atoms in total. The van der Waals surface area contributed by atoms with Crippen LogP contribution in [-0.4, -0.2) is 11.1 Å². The second-order valence-corrected chi connectivity index (χ2v) is 5.69. The number of benzene rings is 2. The first-order valence-electron chi connectivity index (χ1n) is 6.21. The van der Waals surface area contributed by atoms with Gasteiger partial charge < -0.3 is 10.8 Å². The average Bonchev–Trinajstić information content (AvgIpc) is 2.41. The molecule has 0 heterocycles. The van der Waals surface area contributed by atoms with Gasteiger partial charge in [-0.25, -0.2) is 0 Å². The molecule has 0 aromatic heterocycles. The van der Waals surface area contributed by atoms with Gasteiger partial charge in [0.15, 0.2) is 0 Å². The highest BCUT2D eigenvalue weighted by Gasteiger charge is 2.33. The first kappa shape index (κ1) is 16.2. The highest BCUT2D eigenvalue weighted by molar-refractivity contribution is 7.99. The van der Waals surface area contributed by atoms with E-state index in [2.05, 4.69) is 0 Å². The molecule has 0 amide bonds. The van der Waals surface area contributed by atoms with Crippen molar-refractivity contribution in [3.63, 3.8) is 0 Å². The Morgan fingerprint density at radius 1 is 1.14 bits per heavy atom. The van der Waals surface area contributed by atoms with Crippen molar-refractivity contribution in [3.8, 4) is 0 Å². The van der Waals surface area contributed by atoms with Crippen molar-refractivity contribution in [2.45, 2.75) is 22.4 Å². The van der Waals surface area contributed by atoms with E-state index in [1.165, 1.54) is 12.1 Å². The molecule has 0 aliphatic rings. The lowest BCUT2D eigenvalue weighted by Crippen LogP contribution is -2.07. The number of nitrogen functional groups attached to an aromatic ring is 1. The number of carbonyl (C=O) groups is 1. The molecule has 0 aliphatic carbocycles. The van der Waals surface area contributed by atoms with Crippen molar-refractivity contribution in [2.24, 2.45) is 0 Å². The van der Waals surface area contributed by atoms with Crippen LogP contribution in [0.2, 0.25) is 0 Å². The first-order chi connectivity index (χ1) is 10.3. The molecule has 0 unspecified atom stereocenters. The maximum absolute atomic E-state index is 13.0. The fourth-order valence-corrected chi connectivity index (χ4v) is 2.78. The molecule has 0 fully saturated rings. The molecular weight excluding hydrogens is 315 g/mol. The molecule has 2 aromatic carbocycles. The quantitative estimate of drug-likeness (QED) is 0.831. The summed E-state index contributed by atoms with van der Waals surface area (Å²) < 4.78 is 39.0. The molecule has 7 heteroatoms. The number of carboxylic acids is 1. The van der Waals surface area contributed by atoms with Gasteiger partial charge in [-0.05, 0) is 35.9 Å². The predicted octanol–water partition coefficient (Wildman–Crippen LogP) is 4.07. The van der Waals surface area contributed by atoms with Crippen LogP contribution >= 0.6 is 11.8 Å². The van der Waals surface area contributed by atoms with Crippen LogP contribution in [0.15, 0.2) is 52.3 Å². The van der Waals surface area contributed by atoms with Crippen LogP contribution in [0.1, 0.15) is 11.1 Å². The van der Waals surface area contributed by atoms with Gasteiger partial charge in [0.1, 0.15) is 0 Å². The Labute approximate surface area is 128 Å². The summed E-state index contributed by atoms with van der Waals surface area (Å²) in [6, 6.07) is 10.0. The molecule has 3 N–H and O–H groups in total. The van der Waals surface area contributed by atoms with Gasteiger partial charge in [0.05, 0.1) is 12.0 Å². The van der Waals surface area contributed by atoms with E-state index in [1.807, 2.05) is 0 Å². The lowest BCUT2D eigenvalue weighted by molar-refractivity contribution is -0.139. The molecule has 0 radical (unpaired) electrons. The number of hydrogen-bond acceptors (Lipinski definition) is 3. The van der Waals surface area contributed by atoms with Crippen LogP contribution in [0, 0.1) is 0 Å². The average molecular weight is 327 g/mol. The molecule has 116 valence electrons. The number of rotatable bonds is 4. The van der Waals surface area contributed by atoms with Gasteiger partial charge in [0, 0.05) is 15.5 Å². The van der Waals surface area contributed by atoms with Crippen LogP contribution in [0.5, 0.6) is 0 Å². The fourth-order valence-electron chi connectivity index (χ4n) is 1.84. The van der Waals surface area contributed by atoms with Crippen molar-refractivity contribution in [2.75, 3.05) is 5.73 Å². The number of anilines is 1. The van der Waals surface area contributed by atoms with Gasteiger partial charge in [-0.3, -0.25) is 4.79 Å². The van der Waals surface area contributed by atoms with E-state index >= 15 is 0 Å². The van der Waals surface area contributed by atoms with Gasteiger partial charge in [-0.2, -0.15) is 13.2 Å². The van der Waals surface area contributed by atoms with Gasteiger partial charge in [0.25, 0.3) is 0 Å². The maximum atomic E-state index is 13.0. The van der Waals surface area contributed by atoms with Crippen LogP contribution in [-0.2, 0) is 17.4 Å².